The van der Waals surface area contributed by atoms with Crippen molar-refractivity contribution < 1.29 is 8.78 Å². The van der Waals surface area contributed by atoms with Crippen LogP contribution >= 0.6 is 0 Å². The topological polar surface area (TPSA) is 61.4 Å². The third kappa shape index (κ3) is 2.97. The molecule has 1 aromatic carbocycles. The number of imidazole rings is 1. The van der Waals surface area contributed by atoms with Gasteiger partial charge < -0.3 is 4.57 Å². The van der Waals surface area contributed by atoms with Crippen LogP contribution in [0, 0.1) is 30.9 Å². The molecule has 4 heterocycles. The molecule has 0 saturated heterocycles. The van der Waals surface area contributed by atoms with Crippen molar-refractivity contribution in [1.29, 1.82) is 0 Å². The fourth-order valence-electron chi connectivity index (χ4n) is 3.50. The first-order valence-corrected chi connectivity index (χ1v) is 9.11. The predicted molar refractivity (Wildman–Crippen MR) is 108 cm³/mol. The molecule has 5 aromatic rings. The highest BCUT2D eigenvalue weighted by molar-refractivity contribution is 5.78. The summed E-state index contributed by atoms with van der Waals surface area (Å²) in [5.41, 5.74) is 4.27. The van der Waals surface area contributed by atoms with E-state index < -0.39 is 11.6 Å². The van der Waals surface area contributed by atoms with Gasteiger partial charge in [0.2, 0.25) is 0 Å². The van der Waals surface area contributed by atoms with E-state index in [0.29, 0.717) is 33.9 Å². The van der Waals surface area contributed by atoms with Crippen molar-refractivity contribution in [1.82, 2.24) is 29.1 Å². The van der Waals surface area contributed by atoms with Crippen molar-refractivity contribution in [2.75, 3.05) is 0 Å². The van der Waals surface area contributed by atoms with Gasteiger partial charge in [0.15, 0.2) is 11.3 Å². The van der Waals surface area contributed by atoms with E-state index in [1.807, 2.05) is 34.4 Å². The highest BCUT2D eigenvalue weighted by Gasteiger charge is 2.13. The van der Waals surface area contributed by atoms with E-state index in [-0.39, 0.29) is 6.54 Å². The Hall–Kier alpha value is -4.12. The zero-order valence-corrected chi connectivity index (χ0v) is 15.8. The molecule has 0 unspecified atom stereocenters. The van der Waals surface area contributed by atoms with Gasteiger partial charge in [-0.15, -0.1) is 6.42 Å². The largest absolute Gasteiger partial charge is 0.322 e. The van der Waals surface area contributed by atoms with Crippen molar-refractivity contribution >= 4 is 22.3 Å². The molecule has 30 heavy (non-hydrogen) atoms. The average Bonchev–Trinajstić information content (AvgIpc) is 3.27. The molecule has 0 atom stereocenters. The lowest BCUT2D eigenvalue weighted by molar-refractivity contribution is 0.577. The molecule has 0 saturated carbocycles. The maximum absolute atomic E-state index is 13.6. The number of pyridine rings is 1. The van der Waals surface area contributed by atoms with E-state index in [0.717, 1.165) is 17.3 Å². The summed E-state index contributed by atoms with van der Waals surface area (Å²) in [6.45, 7) is 2.09. The molecule has 0 radical (unpaired) electrons. The van der Waals surface area contributed by atoms with Crippen LogP contribution in [-0.2, 0) is 6.54 Å². The predicted octanol–water partition coefficient (Wildman–Crippen LogP) is 3.78. The Balaban J connectivity index is 1.64. The Morgan fingerprint density at radius 3 is 2.60 bits per heavy atom. The number of benzene rings is 1. The molecule has 0 aliphatic heterocycles. The quantitative estimate of drug-likeness (QED) is 0.433. The molecule has 5 rings (SSSR count). The zero-order chi connectivity index (χ0) is 20.8. The average molecular weight is 400 g/mol. The molecule has 0 spiro atoms. The van der Waals surface area contributed by atoms with Gasteiger partial charge in [-0.1, -0.05) is 0 Å². The second kappa shape index (κ2) is 6.74. The number of rotatable bonds is 3. The fraction of sp³-hybridized carbons (Fsp3) is 0.0909. The van der Waals surface area contributed by atoms with Gasteiger partial charge in [0.05, 0.1) is 23.6 Å². The van der Waals surface area contributed by atoms with Gasteiger partial charge in [-0.05, 0) is 42.7 Å². The van der Waals surface area contributed by atoms with E-state index in [9.17, 15) is 8.78 Å². The first-order valence-electron chi connectivity index (χ1n) is 9.11. The van der Waals surface area contributed by atoms with Gasteiger partial charge in [-0.3, -0.25) is 4.57 Å². The molecule has 0 N–H and O–H groups in total. The van der Waals surface area contributed by atoms with Gasteiger partial charge in [0.25, 0.3) is 0 Å². The van der Waals surface area contributed by atoms with Crippen molar-refractivity contribution in [3.8, 4) is 18.0 Å². The third-order valence-electron chi connectivity index (χ3n) is 4.86. The molecular formula is C22H14F2N6. The van der Waals surface area contributed by atoms with Crippen molar-refractivity contribution in [2.45, 2.75) is 13.5 Å². The Morgan fingerprint density at radius 2 is 1.83 bits per heavy atom. The summed E-state index contributed by atoms with van der Waals surface area (Å²) in [5, 5.41) is 0. The van der Waals surface area contributed by atoms with Crippen LogP contribution in [0.4, 0.5) is 8.78 Å². The Labute approximate surface area is 169 Å². The van der Waals surface area contributed by atoms with Gasteiger partial charge in [0.1, 0.15) is 28.7 Å². The Morgan fingerprint density at radius 1 is 1.03 bits per heavy atom. The summed E-state index contributed by atoms with van der Waals surface area (Å²) in [6.07, 6.45) is 10.5. The minimum atomic E-state index is -0.618. The third-order valence-corrected chi connectivity index (χ3v) is 4.86. The molecule has 0 amide bonds. The van der Waals surface area contributed by atoms with Crippen LogP contribution < -0.4 is 0 Å². The summed E-state index contributed by atoms with van der Waals surface area (Å²) >= 11 is 0. The van der Waals surface area contributed by atoms with Gasteiger partial charge in [-0.25, -0.2) is 28.7 Å². The van der Waals surface area contributed by atoms with Gasteiger partial charge >= 0.3 is 0 Å². The van der Waals surface area contributed by atoms with Crippen LogP contribution in [0.2, 0.25) is 0 Å². The van der Waals surface area contributed by atoms with Gasteiger partial charge in [-0.2, -0.15) is 0 Å². The summed E-state index contributed by atoms with van der Waals surface area (Å²) in [4.78, 5) is 17.7. The number of nitrogens with zero attached hydrogens (tertiary/aromatic N) is 6. The monoisotopic (exact) mass is 400 g/mol. The number of halogens is 2. The molecular weight excluding hydrogens is 386 g/mol. The smallest absolute Gasteiger partial charge is 0.178 e. The number of aromatic nitrogens is 6. The Bertz CT molecular complexity index is 1450. The molecule has 0 fully saturated rings. The fourth-order valence-corrected chi connectivity index (χ4v) is 3.50. The number of aryl methyl sites for hydroxylation is 1. The number of hydrogen-bond acceptors (Lipinski definition) is 4. The lowest BCUT2D eigenvalue weighted by Crippen LogP contribution is -2.04. The highest BCUT2D eigenvalue weighted by Crippen LogP contribution is 2.23. The van der Waals surface area contributed by atoms with Crippen LogP contribution in [0.1, 0.15) is 17.1 Å². The molecule has 0 bridgehead atoms. The van der Waals surface area contributed by atoms with E-state index in [2.05, 4.69) is 25.9 Å². The molecule has 6 nitrogen and oxygen atoms in total. The highest BCUT2D eigenvalue weighted by atomic mass is 19.1. The first kappa shape index (κ1) is 17.9. The van der Waals surface area contributed by atoms with Crippen LogP contribution in [-0.4, -0.2) is 29.1 Å². The van der Waals surface area contributed by atoms with E-state index >= 15 is 0 Å². The standard InChI is InChI=1S/C22H14F2N6/c1-3-17-10-25-19-4-5-29(22(19)28-17)18-9-20-21(26-11-18)27-13(2)30(20)12-14-6-15(23)8-16(24)7-14/h1,4-11H,12H2,2H3. The SMILES string of the molecule is C#Cc1cnc2ccn(-c3cnc4nc(C)n(Cc5cc(F)cc(F)c5)c4c3)c2n1. The zero-order valence-electron chi connectivity index (χ0n) is 15.8. The summed E-state index contributed by atoms with van der Waals surface area (Å²) in [6, 6.07) is 7.21. The first-order chi connectivity index (χ1) is 14.5. The van der Waals surface area contributed by atoms with Crippen LogP contribution in [0.15, 0.2) is 48.9 Å². The summed E-state index contributed by atoms with van der Waals surface area (Å²) in [7, 11) is 0. The summed E-state index contributed by atoms with van der Waals surface area (Å²) < 4.78 is 31.0. The maximum Gasteiger partial charge on any atom is 0.178 e. The number of terminal acetylenes is 1. The lowest BCUT2D eigenvalue weighted by atomic mass is 10.2. The molecule has 146 valence electrons. The molecule has 0 aliphatic rings. The number of fused-ring (bicyclic) bond motifs is 2. The molecule has 8 heteroatoms. The van der Waals surface area contributed by atoms with Crippen LogP contribution in [0.5, 0.6) is 0 Å². The van der Waals surface area contributed by atoms with E-state index in [1.54, 1.807) is 12.4 Å². The Kier molecular flexibility index (Phi) is 4.03. The van der Waals surface area contributed by atoms with Crippen molar-refractivity contribution in [3.63, 3.8) is 0 Å². The van der Waals surface area contributed by atoms with E-state index in [1.165, 1.54) is 12.1 Å². The second-order valence-electron chi connectivity index (χ2n) is 6.85. The summed E-state index contributed by atoms with van der Waals surface area (Å²) in [5.74, 6) is 1.94. The molecule has 0 aliphatic carbocycles. The number of hydrogen-bond donors (Lipinski definition) is 0. The minimum absolute atomic E-state index is 0.260. The minimum Gasteiger partial charge on any atom is -0.322 e. The maximum atomic E-state index is 13.6. The second-order valence-corrected chi connectivity index (χ2v) is 6.85. The lowest BCUT2D eigenvalue weighted by Gasteiger charge is -2.09. The van der Waals surface area contributed by atoms with Crippen LogP contribution in [0.3, 0.4) is 0 Å². The van der Waals surface area contributed by atoms with Crippen molar-refractivity contribution in [3.05, 3.63) is 77.6 Å². The molecule has 4 aromatic heterocycles. The van der Waals surface area contributed by atoms with Crippen molar-refractivity contribution in [2.24, 2.45) is 0 Å². The van der Waals surface area contributed by atoms with E-state index in [4.69, 9.17) is 6.42 Å². The van der Waals surface area contributed by atoms with Crippen LogP contribution in [0.25, 0.3) is 28.0 Å². The van der Waals surface area contributed by atoms with Gasteiger partial charge in [0, 0.05) is 18.8 Å². The normalized spacial score (nSPS) is 11.3.